The minimum atomic E-state index is -0.630. The maximum Gasteiger partial charge on any atom is 0.315 e. The molecule has 0 aromatic heterocycles. The first-order valence-corrected chi connectivity index (χ1v) is 5.13. The Labute approximate surface area is 83.7 Å². The summed E-state index contributed by atoms with van der Waals surface area (Å²) >= 11 is 0. The third-order valence-corrected chi connectivity index (χ3v) is 3.13. The predicted octanol–water partition coefficient (Wildman–Crippen LogP) is 0.303. The van der Waals surface area contributed by atoms with Gasteiger partial charge in [-0.25, -0.2) is 0 Å². The van der Waals surface area contributed by atoms with Gasteiger partial charge in [0.05, 0.1) is 19.8 Å². The van der Waals surface area contributed by atoms with Crippen LogP contribution in [0.3, 0.4) is 0 Å². The molecule has 0 aromatic carbocycles. The molecule has 0 aromatic rings. The molecule has 2 rings (SSSR count). The van der Waals surface area contributed by atoms with Gasteiger partial charge in [-0.2, -0.15) is 0 Å². The van der Waals surface area contributed by atoms with E-state index in [0.717, 1.165) is 0 Å². The zero-order chi connectivity index (χ0) is 10.2. The van der Waals surface area contributed by atoms with Crippen LogP contribution in [-0.2, 0) is 14.3 Å². The molecular weight excluding hydrogens is 182 g/mol. The molecule has 2 aliphatic rings. The maximum absolute atomic E-state index is 11.7. The summed E-state index contributed by atoms with van der Waals surface area (Å²) < 4.78 is 10.4. The molecule has 0 bridgehead atoms. The number of hydrogen-bond donors (Lipinski definition) is 1. The average Bonchev–Trinajstić information content (AvgIpc) is 2.91. The number of nitrogens with two attached hydrogens (primary N) is 1. The van der Waals surface area contributed by atoms with Gasteiger partial charge in [0.15, 0.2) is 0 Å². The van der Waals surface area contributed by atoms with E-state index in [9.17, 15) is 4.79 Å². The van der Waals surface area contributed by atoms with Gasteiger partial charge in [-0.1, -0.05) is 0 Å². The van der Waals surface area contributed by atoms with Gasteiger partial charge in [0.2, 0.25) is 0 Å². The Balaban J connectivity index is 1.87. The molecule has 4 nitrogen and oxygen atoms in total. The molecule has 80 valence electrons. The molecule has 0 spiro atoms. The van der Waals surface area contributed by atoms with Crippen molar-refractivity contribution in [3.63, 3.8) is 0 Å². The van der Waals surface area contributed by atoms with E-state index in [4.69, 9.17) is 15.2 Å². The highest BCUT2D eigenvalue weighted by Gasteiger charge is 2.46. The molecule has 1 aliphatic carbocycles. The number of esters is 1. The Kier molecular flexibility index (Phi) is 2.49. The van der Waals surface area contributed by atoms with Gasteiger partial charge < -0.3 is 15.2 Å². The normalized spacial score (nSPS) is 37.1. The van der Waals surface area contributed by atoms with Crippen LogP contribution >= 0.6 is 0 Å². The van der Waals surface area contributed by atoms with Crippen LogP contribution in [-0.4, -0.2) is 31.8 Å². The molecule has 2 N–H and O–H groups in total. The molecule has 1 heterocycles. The second kappa shape index (κ2) is 3.51. The van der Waals surface area contributed by atoms with E-state index >= 15 is 0 Å². The molecule has 1 saturated heterocycles. The molecule has 2 unspecified atom stereocenters. The quantitative estimate of drug-likeness (QED) is 0.664. The van der Waals surface area contributed by atoms with E-state index in [0.29, 0.717) is 25.7 Å². The summed E-state index contributed by atoms with van der Waals surface area (Å²) in [5.74, 6) is 0.399. The van der Waals surface area contributed by atoms with Crippen LogP contribution in [0.4, 0.5) is 0 Å². The number of carbonyl (C=O) groups is 1. The SMILES string of the molecule is CC1(C(=O)OCC2CC2)COCC1N. The van der Waals surface area contributed by atoms with E-state index in [1.54, 1.807) is 0 Å². The van der Waals surface area contributed by atoms with Crippen molar-refractivity contribution in [2.45, 2.75) is 25.8 Å². The molecule has 0 radical (unpaired) electrons. The molecule has 14 heavy (non-hydrogen) atoms. The smallest absolute Gasteiger partial charge is 0.315 e. The predicted molar refractivity (Wildman–Crippen MR) is 50.6 cm³/mol. The Morgan fingerprint density at radius 2 is 2.36 bits per heavy atom. The highest BCUT2D eigenvalue weighted by atomic mass is 16.5. The van der Waals surface area contributed by atoms with Crippen LogP contribution in [0.5, 0.6) is 0 Å². The van der Waals surface area contributed by atoms with Crippen molar-refractivity contribution in [3.05, 3.63) is 0 Å². The highest BCUT2D eigenvalue weighted by molar-refractivity contribution is 5.78. The first-order valence-electron chi connectivity index (χ1n) is 5.13. The summed E-state index contributed by atoms with van der Waals surface area (Å²) in [5.41, 5.74) is 5.18. The topological polar surface area (TPSA) is 61.5 Å². The third kappa shape index (κ3) is 1.77. The standard InChI is InChI=1S/C10H17NO3/c1-10(6-13-5-8(10)11)9(12)14-4-7-2-3-7/h7-8H,2-6,11H2,1H3. The van der Waals surface area contributed by atoms with Crippen molar-refractivity contribution in [1.82, 2.24) is 0 Å². The first-order chi connectivity index (χ1) is 6.63. The molecule has 1 aliphatic heterocycles. The van der Waals surface area contributed by atoms with Gasteiger partial charge in [-0.15, -0.1) is 0 Å². The zero-order valence-corrected chi connectivity index (χ0v) is 8.49. The Morgan fingerprint density at radius 3 is 2.86 bits per heavy atom. The van der Waals surface area contributed by atoms with Crippen LogP contribution in [0.2, 0.25) is 0 Å². The molecule has 2 fully saturated rings. The van der Waals surface area contributed by atoms with Crippen molar-refractivity contribution in [2.24, 2.45) is 17.1 Å². The average molecular weight is 199 g/mol. The summed E-state index contributed by atoms with van der Waals surface area (Å²) in [4.78, 5) is 11.7. The van der Waals surface area contributed by atoms with Gasteiger partial charge in [0.25, 0.3) is 0 Å². The summed E-state index contributed by atoms with van der Waals surface area (Å²) in [7, 11) is 0. The van der Waals surface area contributed by atoms with Crippen molar-refractivity contribution in [3.8, 4) is 0 Å². The Morgan fingerprint density at radius 1 is 1.64 bits per heavy atom. The molecule has 2 atom stereocenters. The summed E-state index contributed by atoms with van der Waals surface area (Å²) in [6.45, 7) is 3.22. The summed E-state index contributed by atoms with van der Waals surface area (Å²) in [6.07, 6.45) is 2.37. The van der Waals surface area contributed by atoms with Gasteiger partial charge >= 0.3 is 5.97 Å². The van der Waals surface area contributed by atoms with E-state index in [-0.39, 0.29) is 12.0 Å². The van der Waals surface area contributed by atoms with Gasteiger partial charge in [0.1, 0.15) is 5.41 Å². The lowest BCUT2D eigenvalue weighted by Gasteiger charge is -2.24. The number of carbonyl (C=O) groups excluding carboxylic acids is 1. The second-order valence-electron chi connectivity index (χ2n) is 4.58. The molecular formula is C10H17NO3. The fourth-order valence-corrected chi connectivity index (χ4v) is 1.54. The molecule has 1 saturated carbocycles. The highest BCUT2D eigenvalue weighted by Crippen LogP contribution is 2.32. The number of ether oxygens (including phenoxy) is 2. The maximum atomic E-state index is 11.7. The monoisotopic (exact) mass is 199 g/mol. The van der Waals surface area contributed by atoms with Gasteiger partial charge in [-0.3, -0.25) is 4.79 Å². The van der Waals surface area contributed by atoms with Crippen LogP contribution in [0.1, 0.15) is 19.8 Å². The lowest BCUT2D eigenvalue weighted by Crippen LogP contribution is -2.45. The second-order valence-corrected chi connectivity index (χ2v) is 4.58. The first kappa shape index (κ1) is 9.93. The third-order valence-electron chi connectivity index (χ3n) is 3.13. The van der Waals surface area contributed by atoms with E-state index in [2.05, 4.69) is 0 Å². The molecule has 0 amide bonds. The Bertz CT molecular complexity index is 240. The van der Waals surface area contributed by atoms with Crippen LogP contribution in [0, 0.1) is 11.3 Å². The minimum Gasteiger partial charge on any atom is -0.465 e. The number of rotatable bonds is 3. The van der Waals surface area contributed by atoms with Crippen molar-refractivity contribution in [1.29, 1.82) is 0 Å². The number of hydrogen-bond acceptors (Lipinski definition) is 4. The Hall–Kier alpha value is -0.610. The lowest BCUT2D eigenvalue weighted by molar-refractivity contribution is -0.156. The van der Waals surface area contributed by atoms with E-state index in [1.165, 1.54) is 12.8 Å². The van der Waals surface area contributed by atoms with Crippen LogP contribution in [0.15, 0.2) is 0 Å². The minimum absolute atomic E-state index is 0.200. The fourth-order valence-electron chi connectivity index (χ4n) is 1.54. The van der Waals surface area contributed by atoms with Gasteiger partial charge in [-0.05, 0) is 25.7 Å². The van der Waals surface area contributed by atoms with Crippen molar-refractivity contribution < 1.29 is 14.3 Å². The zero-order valence-electron chi connectivity index (χ0n) is 8.49. The lowest BCUT2D eigenvalue weighted by atomic mass is 9.86. The van der Waals surface area contributed by atoms with Crippen LogP contribution in [0.25, 0.3) is 0 Å². The largest absolute Gasteiger partial charge is 0.465 e. The van der Waals surface area contributed by atoms with E-state index < -0.39 is 5.41 Å². The van der Waals surface area contributed by atoms with E-state index in [1.807, 2.05) is 6.92 Å². The molecule has 4 heteroatoms. The fraction of sp³-hybridized carbons (Fsp3) is 0.900. The van der Waals surface area contributed by atoms with Crippen LogP contribution < -0.4 is 5.73 Å². The summed E-state index contributed by atoms with van der Waals surface area (Å²) in [6, 6.07) is -0.228. The van der Waals surface area contributed by atoms with Gasteiger partial charge in [0, 0.05) is 6.04 Å². The van der Waals surface area contributed by atoms with Crippen molar-refractivity contribution >= 4 is 5.97 Å². The van der Waals surface area contributed by atoms with Crippen molar-refractivity contribution in [2.75, 3.05) is 19.8 Å². The summed E-state index contributed by atoms with van der Waals surface area (Å²) in [5, 5.41) is 0.